The molecule has 0 aliphatic carbocycles. The number of hydrogen-bond acceptors (Lipinski definition) is 3. The first kappa shape index (κ1) is 10.2. The smallest absolute Gasteiger partial charge is 0.240 e. The highest BCUT2D eigenvalue weighted by molar-refractivity contribution is 6.29. The molecule has 0 spiro atoms. The van der Waals surface area contributed by atoms with Gasteiger partial charge in [0.25, 0.3) is 0 Å². The third kappa shape index (κ3) is 2.04. The zero-order valence-corrected chi connectivity index (χ0v) is 8.94. The van der Waals surface area contributed by atoms with Crippen molar-refractivity contribution in [2.75, 3.05) is 11.4 Å². The Balaban J connectivity index is 2.26. The largest absolute Gasteiger partial charge is 0.368 e. The molecule has 1 aromatic heterocycles. The fourth-order valence-electron chi connectivity index (χ4n) is 1.89. The second-order valence-electron chi connectivity index (χ2n) is 3.57. The van der Waals surface area contributed by atoms with Gasteiger partial charge in [0.05, 0.1) is 0 Å². The summed E-state index contributed by atoms with van der Waals surface area (Å²) in [6.45, 7) is 0.806. The van der Waals surface area contributed by atoms with E-state index in [1.54, 1.807) is 6.07 Å². The summed E-state index contributed by atoms with van der Waals surface area (Å²) >= 11 is 5.80. The number of hydrogen-bond donors (Lipinski definition) is 1. The number of rotatable bonds is 2. The van der Waals surface area contributed by atoms with Gasteiger partial charge >= 0.3 is 0 Å². The first-order valence-electron chi connectivity index (χ1n) is 4.87. The van der Waals surface area contributed by atoms with Crippen LogP contribution in [-0.2, 0) is 4.79 Å². The predicted octanol–water partition coefficient (Wildman–Crippen LogP) is 1.19. The van der Waals surface area contributed by atoms with Crippen molar-refractivity contribution in [2.45, 2.75) is 18.9 Å². The first-order valence-corrected chi connectivity index (χ1v) is 5.25. The lowest BCUT2D eigenvalue weighted by Crippen LogP contribution is -2.40. The summed E-state index contributed by atoms with van der Waals surface area (Å²) in [5.74, 6) is 0.429. The molecule has 2 rings (SSSR count). The molecule has 0 saturated carbocycles. The summed E-state index contributed by atoms with van der Waals surface area (Å²) in [5, 5.41) is 0.433. The van der Waals surface area contributed by atoms with Crippen LogP contribution in [0.15, 0.2) is 18.2 Å². The Labute approximate surface area is 93.0 Å². The van der Waals surface area contributed by atoms with Gasteiger partial charge in [0.15, 0.2) is 0 Å². The van der Waals surface area contributed by atoms with E-state index in [1.807, 2.05) is 17.0 Å². The number of nitrogens with zero attached hydrogens (tertiary/aromatic N) is 2. The molecule has 1 saturated heterocycles. The quantitative estimate of drug-likeness (QED) is 0.770. The molecule has 1 aliphatic heterocycles. The van der Waals surface area contributed by atoms with E-state index < -0.39 is 0 Å². The van der Waals surface area contributed by atoms with E-state index in [9.17, 15) is 4.79 Å². The zero-order valence-electron chi connectivity index (χ0n) is 8.19. The molecule has 1 amide bonds. The second-order valence-corrected chi connectivity index (χ2v) is 3.96. The van der Waals surface area contributed by atoms with Gasteiger partial charge in [-0.05, 0) is 25.0 Å². The average Bonchev–Trinajstić information content (AvgIpc) is 2.65. The van der Waals surface area contributed by atoms with Crippen LogP contribution in [0.5, 0.6) is 0 Å². The molecule has 1 atom stereocenters. The number of anilines is 1. The van der Waals surface area contributed by atoms with Crippen molar-refractivity contribution >= 4 is 23.3 Å². The first-order chi connectivity index (χ1) is 7.18. The van der Waals surface area contributed by atoms with Crippen molar-refractivity contribution in [1.29, 1.82) is 0 Å². The molecule has 1 unspecified atom stereocenters. The number of carbonyl (C=O) groups is 1. The van der Waals surface area contributed by atoms with E-state index in [-0.39, 0.29) is 11.9 Å². The van der Waals surface area contributed by atoms with Gasteiger partial charge < -0.3 is 10.6 Å². The van der Waals surface area contributed by atoms with Crippen LogP contribution in [0.1, 0.15) is 12.8 Å². The number of nitrogens with two attached hydrogens (primary N) is 1. The summed E-state index contributed by atoms with van der Waals surface area (Å²) in [4.78, 5) is 17.3. The number of primary amides is 1. The maximum atomic E-state index is 11.2. The highest BCUT2D eigenvalue weighted by Crippen LogP contribution is 2.24. The molecule has 2 N–H and O–H groups in total. The molecule has 1 aliphatic rings. The van der Waals surface area contributed by atoms with E-state index in [1.165, 1.54) is 0 Å². The van der Waals surface area contributed by atoms with Gasteiger partial charge in [0, 0.05) is 6.54 Å². The minimum atomic E-state index is -0.297. The summed E-state index contributed by atoms with van der Waals surface area (Å²) in [7, 11) is 0. The lowest BCUT2D eigenvalue weighted by molar-refractivity contribution is -0.119. The van der Waals surface area contributed by atoms with E-state index in [2.05, 4.69) is 4.98 Å². The normalized spacial score (nSPS) is 20.6. The Kier molecular flexibility index (Phi) is 2.77. The molecule has 0 bridgehead atoms. The Bertz CT molecular complexity index is 383. The highest BCUT2D eigenvalue weighted by atomic mass is 35.5. The van der Waals surface area contributed by atoms with Gasteiger partial charge in [-0.25, -0.2) is 4.98 Å². The lowest BCUT2D eigenvalue weighted by atomic mass is 10.2. The Morgan fingerprint density at radius 2 is 2.40 bits per heavy atom. The lowest BCUT2D eigenvalue weighted by Gasteiger charge is -2.23. The molecule has 5 heteroatoms. The van der Waals surface area contributed by atoms with Gasteiger partial charge in [-0.15, -0.1) is 0 Å². The summed E-state index contributed by atoms with van der Waals surface area (Å²) in [6, 6.07) is 5.13. The molecule has 15 heavy (non-hydrogen) atoms. The van der Waals surface area contributed by atoms with E-state index in [0.29, 0.717) is 5.15 Å². The van der Waals surface area contributed by atoms with Crippen molar-refractivity contribution in [3.63, 3.8) is 0 Å². The fourth-order valence-corrected chi connectivity index (χ4v) is 2.05. The van der Waals surface area contributed by atoms with Gasteiger partial charge in [0.1, 0.15) is 17.0 Å². The number of amides is 1. The summed E-state index contributed by atoms with van der Waals surface area (Å²) < 4.78 is 0. The highest BCUT2D eigenvalue weighted by Gasteiger charge is 2.29. The number of carbonyl (C=O) groups excluding carboxylic acids is 1. The molecular formula is C10H12ClN3O. The molecule has 1 aromatic rings. The van der Waals surface area contributed by atoms with Crippen LogP contribution >= 0.6 is 11.6 Å². The van der Waals surface area contributed by atoms with E-state index in [0.717, 1.165) is 25.2 Å². The van der Waals surface area contributed by atoms with Gasteiger partial charge in [-0.1, -0.05) is 17.7 Å². The molecular weight excluding hydrogens is 214 g/mol. The van der Waals surface area contributed by atoms with Gasteiger partial charge in [-0.3, -0.25) is 4.79 Å². The standard InChI is InChI=1S/C10H12ClN3O/c11-8-4-1-5-9(13-8)14-6-2-3-7(14)10(12)15/h1,4-5,7H,2-3,6H2,(H2,12,15). The Morgan fingerprint density at radius 1 is 1.60 bits per heavy atom. The summed E-state index contributed by atoms with van der Waals surface area (Å²) in [6.07, 6.45) is 1.76. The zero-order chi connectivity index (χ0) is 10.8. The third-order valence-electron chi connectivity index (χ3n) is 2.58. The van der Waals surface area contributed by atoms with Crippen LogP contribution in [-0.4, -0.2) is 23.5 Å². The topological polar surface area (TPSA) is 59.2 Å². The van der Waals surface area contributed by atoms with Crippen LogP contribution in [0, 0.1) is 0 Å². The Hall–Kier alpha value is -1.29. The minimum absolute atomic E-state index is 0.240. The number of pyridine rings is 1. The average molecular weight is 226 g/mol. The van der Waals surface area contributed by atoms with Crippen molar-refractivity contribution in [3.05, 3.63) is 23.4 Å². The maximum Gasteiger partial charge on any atom is 0.240 e. The molecule has 0 aromatic carbocycles. The minimum Gasteiger partial charge on any atom is -0.368 e. The van der Waals surface area contributed by atoms with Gasteiger partial charge in [0.2, 0.25) is 5.91 Å². The van der Waals surface area contributed by atoms with Crippen LogP contribution in [0.3, 0.4) is 0 Å². The van der Waals surface area contributed by atoms with E-state index >= 15 is 0 Å². The molecule has 4 nitrogen and oxygen atoms in total. The van der Waals surface area contributed by atoms with Crippen LogP contribution in [0.25, 0.3) is 0 Å². The third-order valence-corrected chi connectivity index (χ3v) is 2.79. The van der Waals surface area contributed by atoms with E-state index in [4.69, 9.17) is 17.3 Å². The fraction of sp³-hybridized carbons (Fsp3) is 0.400. The second kappa shape index (κ2) is 4.06. The number of halogens is 1. The van der Waals surface area contributed by atoms with Crippen molar-refractivity contribution in [2.24, 2.45) is 5.73 Å². The van der Waals surface area contributed by atoms with Crippen molar-refractivity contribution in [1.82, 2.24) is 4.98 Å². The maximum absolute atomic E-state index is 11.2. The van der Waals surface area contributed by atoms with Crippen LogP contribution in [0.2, 0.25) is 5.15 Å². The predicted molar refractivity (Wildman–Crippen MR) is 58.8 cm³/mol. The summed E-state index contributed by atoms with van der Waals surface area (Å²) in [5.41, 5.74) is 5.32. The molecule has 0 radical (unpaired) electrons. The van der Waals surface area contributed by atoms with Crippen LogP contribution in [0.4, 0.5) is 5.82 Å². The van der Waals surface area contributed by atoms with Crippen LogP contribution < -0.4 is 10.6 Å². The number of aromatic nitrogens is 1. The molecule has 2 heterocycles. The van der Waals surface area contributed by atoms with Crippen molar-refractivity contribution in [3.8, 4) is 0 Å². The van der Waals surface area contributed by atoms with Gasteiger partial charge in [-0.2, -0.15) is 0 Å². The van der Waals surface area contributed by atoms with Crippen molar-refractivity contribution < 1.29 is 4.79 Å². The SMILES string of the molecule is NC(=O)C1CCCN1c1cccc(Cl)n1. The Morgan fingerprint density at radius 3 is 3.07 bits per heavy atom. The molecule has 80 valence electrons. The molecule has 1 fully saturated rings. The monoisotopic (exact) mass is 225 g/mol.